The Kier molecular flexibility index (Phi) is 3.83. The minimum Gasteiger partial charge on any atom is -0.372 e. The molecule has 110 valence electrons. The van der Waals surface area contributed by atoms with E-state index in [0.29, 0.717) is 0 Å². The number of ether oxygens (including phenoxy) is 1. The Morgan fingerprint density at radius 3 is 2.38 bits per heavy atom. The number of aryl methyl sites for hydroxylation is 3. The number of fused-ring (bicyclic) bond motifs is 1. The van der Waals surface area contributed by atoms with Gasteiger partial charge in [0.2, 0.25) is 0 Å². The first-order valence-corrected chi connectivity index (χ1v) is 7.54. The Balaban J connectivity index is 2.04. The smallest absolute Gasteiger partial charge is 0.0725 e. The Morgan fingerprint density at radius 2 is 1.62 bits per heavy atom. The SMILES string of the molecule is CNC(c1ccc2c(c1)COC2)c1cc(C)c(C)cc1C. The lowest BCUT2D eigenvalue weighted by molar-refractivity contribution is 0.134. The van der Waals surface area contributed by atoms with E-state index in [1.165, 1.54) is 38.9 Å². The van der Waals surface area contributed by atoms with Gasteiger partial charge in [0.1, 0.15) is 0 Å². The standard InChI is InChI=1S/C19H23NO/c1-12-7-14(3)18(8-13(12)2)19(20-4)15-5-6-16-10-21-11-17(16)9-15/h5-9,19-20H,10-11H2,1-4H3. The van der Waals surface area contributed by atoms with Gasteiger partial charge >= 0.3 is 0 Å². The topological polar surface area (TPSA) is 21.3 Å². The van der Waals surface area contributed by atoms with E-state index in [9.17, 15) is 0 Å². The molecule has 0 spiro atoms. The molecule has 2 heteroatoms. The van der Waals surface area contributed by atoms with Gasteiger partial charge in [-0.1, -0.05) is 30.3 Å². The minimum absolute atomic E-state index is 0.232. The average molecular weight is 281 g/mol. The first-order chi connectivity index (χ1) is 10.1. The predicted octanol–water partition coefficient (Wildman–Crippen LogP) is 3.95. The molecule has 0 fully saturated rings. The van der Waals surface area contributed by atoms with Crippen LogP contribution >= 0.6 is 0 Å². The van der Waals surface area contributed by atoms with Crippen molar-refractivity contribution in [3.05, 3.63) is 69.3 Å². The van der Waals surface area contributed by atoms with E-state index in [1.54, 1.807) is 0 Å². The normalized spacial score (nSPS) is 15.0. The monoisotopic (exact) mass is 281 g/mol. The fourth-order valence-corrected chi connectivity index (χ4v) is 3.17. The number of benzene rings is 2. The lowest BCUT2D eigenvalue weighted by atomic mass is 9.90. The lowest BCUT2D eigenvalue weighted by Crippen LogP contribution is -2.19. The second kappa shape index (κ2) is 5.63. The molecule has 0 aromatic heterocycles. The van der Waals surface area contributed by atoms with Crippen LogP contribution < -0.4 is 5.32 Å². The summed E-state index contributed by atoms with van der Waals surface area (Å²) >= 11 is 0. The summed E-state index contributed by atoms with van der Waals surface area (Å²) in [5.41, 5.74) is 9.37. The highest BCUT2D eigenvalue weighted by molar-refractivity contribution is 5.44. The molecule has 0 aliphatic carbocycles. The zero-order valence-electron chi connectivity index (χ0n) is 13.3. The maximum Gasteiger partial charge on any atom is 0.0725 e. The van der Waals surface area contributed by atoms with E-state index in [-0.39, 0.29) is 6.04 Å². The summed E-state index contributed by atoms with van der Waals surface area (Å²) in [5, 5.41) is 3.47. The quantitative estimate of drug-likeness (QED) is 0.919. The van der Waals surface area contributed by atoms with Gasteiger partial charge in [-0.15, -0.1) is 0 Å². The highest BCUT2D eigenvalue weighted by Gasteiger charge is 2.18. The van der Waals surface area contributed by atoms with Crippen LogP contribution in [0.1, 0.15) is 45.0 Å². The largest absolute Gasteiger partial charge is 0.372 e. The first kappa shape index (κ1) is 14.3. The van der Waals surface area contributed by atoms with Crippen molar-refractivity contribution in [2.45, 2.75) is 40.0 Å². The van der Waals surface area contributed by atoms with Crippen LogP contribution in [0.15, 0.2) is 30.3 Å². The molecule has 2 nitrogen and oxygen atoms in total. The number of rotatable bonds is 3. The van der Waals surface area contributed by atoms with E-state index < -0.39 is 0 Å². The molecule has 2 aromatic rings. The molecule has 1 heterocycles. The number of hydrogen-bond donors (Lipinski definition) is 1. The molecule has 1 aliphatic heterocycles. The van der Waals surface area contributed by atoms with Crippen molar-refractivity contribution >= 4 is 0 Å². The van der Waals surface area contributed by atoms with E-state index in [4.69, 9.17) is 4.74 Å². The van der Waals surface area contributed by atoms with Crippen molar-refractivity contribution in [1.82, 2.24) is 5.32 Å². The predicted molar refractivity (Wildman–Crippen MR) is 86.5 cm³/mol. The fraction of sp³-hybridized carbons (Fsp3) is 0.368. The molecule has 1 aliphatic rings. The summed E-state index contributed by atoms with van der Waals surface area (Å²) in [4.78, 5) is 0. The second-order valence-electron chi connectivity index (χ2n) is 6.04. The van der Waals surface area contributed by atoms with Crippen molar-refractivity contribution in [2.75, 3.05) is 7.05 Å². The molecular formula is C19H23NO. The van der Waals surface area contributed by atoms with Crippen LogP contribution in [0.3, 0.4) is 0 Å². The van der Waals surface area contributed by atoms with Crippen molar-refractivity contribution in [3.8, 4) is 0 Å². The maximum atomic E-state index is 5.53. The zero-order valence-corrected chi connectivity index (χ0v) is 13.3. The Bertz CT molecular complexity index is 676. The minimum atomic E-state index is 0.232. The third-order valence-corrected chi connectivity index (χ3v) is 4.56. The van der Waals surface area contributed by atoms with Crippen molar-refractivity contribution in [3.63, 3.8) is 0 Å². The molecule has 1 atom stereocenters. The summed E-state index contributed by atoms with van der Waals surface area (Å²) in [5.74, 6) is 0. The van der Waals surface area contributed by atoms with Gasteiger partial charge in [-0.05, 0) is 66.8 Å². The van der Waals surface area contributed by atoms with Gasteiger partial charge < -0.3 is 10.1 Å². The zero-order chi connectivity index (χ0) is 15.0. The molecule has 0 saturated carbocycles. The van der Waals surface area contributed by atoms with Crippen LogP contribution in [0.4, 0.5) is 0 Å². The van der Waals surface area contributed by atoms with Crippen LogP contribution in [0.2, 0.25) is 0 Å². The number of hydrogen-bond acceptors (Lipinski definition) is 2. The summed E-state index contributed by atoms with van der Waals surface area (Å²) < 4.78 is 5.53. The van der Waals surface area contributed by atoms with Gasteiger partial charge in [-0.25, -0.2) is 0 Å². The molecule has 0 saturated heterocycles. The Morgan fingerprint density at radius 1 is 0.905 bits per heavy atom. The van der Waals surface area contributed by atoms with E-state index in [1.807, 2.05) is 7.05 Å². The third kappa shape index (κ3) is 2.61. The molecule has 3 rings (SSSR count). The van der Waals surface area contributed by atoms with Crippen molar-refractivity contribution < 1.29 is 4.74 Å². The fourth-order valence-electron chi connectivity index (χ4n) is 3.17. The molecule has 21 heavy (non-hydrogen) atoms. The van der Waals surface area contributed by atoms with Gasteiger partial charge in [0, 0.05) is 0 Å². The lowest BCUT2D eigenvalue weighted by Gasteiger charge is -2.21. The van der Waals surface area contributed by atoms with Gasteiger partial charge in [-0.3, -0.25) is 0 Å². The molecule has 0 amide bonds. The average Bonchev–Trinajstić information content (AvgIpc) is 2.92. The van der Waals surface area contributed by atoms with Crippen LogP contribution in [-0.2, 0) is 18.0 Å². The Hall–Kier alpha value is -1.64. The summed E-state index contributed by atoms with van der Waals surface area (Å²) in [6.07, 6.45) is 0. The van der Waals surface area contributed by atoms with Crippen LogP contribution in [-0.4, -0.2) is 7.05 Å². The van der Waals surface area contributed by atoms with Gasteiger partial charge in [0.25, 0.3) is 0 Å². The molecular weight excluding hydrogens is 258 g/mol. The molecule has 0 radical (unpaired) electrons. The van der Waals surface area contributed by atoms with Crippen molar-refractivity contribution in [1.29, 1.82) is 0 Å². The van der Waals surface area contributed by atoms with Crippen LogP contribution in [0.25, 0.3) is 0 Å². The summed E-state index contributed by atoms with van der Waals surface area (Å²) in [6.45, 7) is 8.05. The Labute approximate surface area is 127 Å². The van der Waals surface area contributed by atoms with Crippen molar-refractivity contribution in [2.24, 2.45) is 0 Å². The molecule has 0 bridgehead atoms. The summed E-state index contributed by atoms with van der Waals surface area (Å²) in [6, 6.07) is 11.6. The molecule has 2 aromatic carbocycles. The highest BCUT2D eigenvalue weighted by Crippen LogP contribution is 2.30. The van der Waals surface area contributed by atoms with Crippen LogP contribution in [0, 0.1) is 20.8 Å². The number of nitrogens with one attached hydrogen (secondary N) is 1. The second-order valence-corrected chi connectivity index (χ2v) is 6.04. The third-order valence-electron chi connectivity index (χ3n) is 4.56. The summed E-state index contributed by atoms with van der Waals surface area (Å²) in [7, 11) is 2.03. The molecule has 1 unspecified atom stereocenters. The van der Waals surface area contributed by atoms with Crippen LogP contribution in [0.5, 0.6) is 0 Å². The van der Waals surface area contributed by atoms with Gasteiger partial charge in [0.05, 0.1) is 19.3 Å². The van der Waals surface area contributed by atoms with E-state index in [0.717, 1.165) is 13.2 Å². The highest BCUT2D eigenvalue weighted by atomic mass is 16.5. The van der Waals surface area contributed by atoms with Gasteiger partial charge in [-0.2, -0.15) is 0 Å². The van der Waals surface area contributed by atoms with E-state index in [2.05, 4.69) is 56.4 Å². The van der Waals surface area contributed by atoms with E-state index >= 15 is 0 Å². The maximum absolute atomic E-state index is 5.53. The molecule has 1 N–H and O–H groups in total. The first-order valence-electron chi connectivity index (χ1n) is 7.54. The van der Waals surface area contributed by atoms with Gasteiger partial charge in [0.15, 0.2) is 0 Å².